The molecule has 2 aromatic heterocycles. The Morgan fingerprint density at radius 3 is 2.26 bits per heavy atom. The van der Waals surface area contributed by atoms with Crippen molar-refractivity contribution < 1.29 is 0 Å². The summed E-state index contributed by atoms with van der Waals surface area (Å²) in [6.45, 7) is 0. The summed E-state index contributed by atoms with van der Waals surface area (Å²) in [6, 6.07) is 25.8. The minimum atomic E-state index is -0.141. The van der Waals surface area contributed by atoms with Crippen molar-refractivity contribution in [2.75, 3.05) is 0 Å². The van der Waals surface area contributed by atoms with Crippen molar-refractivity contribution in [3.05, 3.63) is 95.3 Å². The van der Waals surface area contributed by atoms with E-state index in [0.717, 1.165) is 27.6 Å². The summed E-state index contributed by atoms with van der Waals surface area (Å²) < 4.78 is 0. The van der Waals surface area contributed by atoms with Crippen LogP contribution in [-0.2, 0) is 0 Å². The first-order valence-corrected chi connectivity index (χ1v) is 8.74. The van der Waals surface area contributed by atoms with Crippen molar-refractivity contribution >= 4 is 21.9 Å². The average Bonchev–Trinajstić information content (AvgIpc) is 2.73. The summed E-state index contributed by atoms with van der Waals surface area (Å²) in [5.74, 6) is 0. The predicted molar refractivity (Wildman–Crippen MR) is 109 cm³/mol. The molecule has 1 N–H and O–H groups in total. The first-order chi connectivity index (χ1) is 13.3. The maximum atomic E-state index is 12.3. The largest absolute Gasteiger partial charge is 0.345 e. The molecule has 4 nitrogen and oxygen atoms in total. The van der Waals surface area contributed by atoms with Crippen LogP contribution < -0.4 is 5.43 Å². The maximum absolute atomic E-state index is 12.3. The second-order valence-corrected chi connectivity index (χ2v) is 6.39. The van der Waals surface area contributed by atoms with E-state index >= 15 is 0 Å². The lowest BCUT2D eigenvalue weighted by Crippen LogP contribution is -2.06. The van der Waals surface area contributed by atoms with Crippen LogP contribution in [0.1, 0.15) is 0 Å². The Kier molecular flexibility index (Phi) is 3.54. The van der Waals surface area contributed by atoms with Crippen LogP contribution in [0.15, 0.2) is 89.9 Å². The highest BCUT2D eigenvalue weighted by molar-refractivity contribution is 5.91. The monoisotopic (exact) mass is 349 g/mol. The number of hydrogen-bond acceptors (Lipinski definition) is 3. The minimum absolute atomic E-state index is 0.141. The maximum Gasteiger partial charge on any atom is 0.209 e. The number of aromatic nitrogens is 3. The summed E-state index contributed by atoms with van der Waals surface area (Å²) >= 11 is 0. The molecule has 4 heteroatoms. The summed E-state index contributed by atoms with van der Waals surface area (Å²) in [5.41, 5.74) is 4.05. The van der Waals surface area contributed by atoms with Crippen molar-refractivity contribution in [2.24, 2.45) is 0 Å². The molecule has 0 saturated heterocycles. The number of rotatable bonds is 2. The molecule has 0 aliphatic rings. The van der Waals surface area contributed by atoms with E-state index in [-0.39, 0.29) is 5.43 Å². The number of hydrogen-bond donors (Lipinski definition) is 1. The molecule has 0 unspecified atom stereocenters. The topological polar surface area (TPSA) is 58.6 Å². The van der Waals surface area contributed by atoms with Crippen LogP contribution in [0.3, 0.4) is 0 Å². The molecule has 0 aliphatic heterocycles. The molecule has 0 fully saturated rings. The van der Waals surface area contributed by atoms with Crippen molar-refractivity contribution in [3.8, 4) is 22.5 Å². The van der Waals surface area contributed by atoms with E-state index in [1.807, 2.05) is 48.5 Å². The third-order valence-corrected chi connectivity index (χ3v) is 4.65. The molecule has 0 spiro atoms. The van der Waals surface area contributed by atoms with Crippen molar-refractivity contribution in [1.82, 2.24) is 15.0 Å². The van der Waals surface area contributed by atoms with Crippen LogP contribution in [-0.4, -0.2) is 15.0 Å². The predicted octanol–water partition coefficient (Wildman–Crippen LogP) is 4.81. The highest BCUT2D eigenvalue weighted by Crippen LogP contribution is 2.31. The molecule has 0 aliphatic carbocycles. The molecule has 27 heavy (non-hydrogen) atoms. The zero-order valence-corrected chi connectivity index (χ0v) is 14.4. The zero-order valence-electron chi connectivity index (χ0n) is 14.4. The van der Waals surface area contributed by atoms with E-state index in [1.54, 1.807) is 6.20 Å². The molecule has 0 saturated carbocycles. The fourth-order valence-electron chi connectivity index (χ4n) is 3.32. The Bertz CT molecular complexity index is 1340. The third-order valence-electron chi connectivity index (χ3n) is 4.65. The van der Waals surface area contributed by atoms with Crippen LogP contribution in [0, 0.1) is 0 Å². The summed E-state index contributed by atoms with van der Waals surface area (Å²) in [4.78, 5) is 24.8. The van der Waals surface area contributed by atoms with Gasteiger partial charge in [0.1, 0.15) is 0 Å². The molecule has 3 aromatic carbocycles. The zero-order chi connectivity index (χ0) is 18.2. The van der Waals surface area contributed by atoms with Gasteiger partial charge in [-0.05, 0) is 16.8 Å². The minimum Gasteiger partial charge on any atom is -0.345 e. The van der Waals surface area contributed by atoms with Crippen LogP contribution in [0.25, 0.3) is 44.5 Å². The molecule has 0 atom stereocenters. The van der Waals surface area contributed by atoms with Gasteiger partial charge in [-0.15, -0.1) is 0 Å². The van der Waals surface area contributed by atoms with Crippen molar-refractivity contribution in [2.45, 2.75) is 0 Å². The number of nitrogens with one attached hydrogen (secondary N) is 1. The first-order valence-electron chi connectivity index (χ1n) is 8.74. The third kappa shape index (κ3) is 2.68. The van der Waals surface area contributed by atoms with Gasteiger partial charge in [-0.25, -0.2) is 9.97 Å². The molecular weight excluding hydrogens is 334 g/mol. The Hall–Kier alpha value is -3.79. The summed E-state index contributed by atoms with van der Waals surface area (Å²) in [5, 5.41) is 2.28. The smallest absolute Gasteiger partial charge is 0.209 e. The molecular formula is C23H15N3O. The average molecular weight is 349 g/mol. The van der Waals surface area contributed by atoms with E-state index < -0.39 is 0 Å². The van der Waals surface area contributed by atoms with E-state index in [2.05, 4.69) is 29.2 Å². The first kappa shape index (κ1) is 15.5. The summed E-state index contributed by atoms with van der Waals surface area (Å²) in [6.07, 6.45) is 1.60. The number of pyridine rings is 1. The molecule has 0 radical (unpaired) electrons. The highest BCUT2D eigenvalue weighted by Gasteiger charge is 2.15. The van der Waals surface area contributed by atoms with E-state index in [0.29, 0.717) is 16.9 Å². The normalized spacial score (nSPS) is 11.1. The SMILES string of the molecule is O=c1cc[nH]c2nc(-c3ccccc3)c(-c3ccc4ccccc4c3)nc12. The number of benzene rings is 3. The van der Waals surface area contributed by atoms with Gasteiger partial charge in [-0.2, -0.15) is 0 Å². The van der Waals surface area contributed by atoms with Crippen molar-refractivity contribution in [1.29, 1.82) is 0 Å². The van der Waals surface area contributed by atoms with Gasteiger partial charge in [0.15, 0.2) is 11.2 Å². The number of H-pyrrole nitrogens is 1. The Balaban J connectivity index is 1.85. The van der Waals surface area contributed by atoms with Crippen LogP contribution >= 0.6 is 0 Å². The fraction of sp³-hybridized carbons (Fsp3) is 0. The lowest BCUT2D eigenvalue weighted by Gasteiger charge is -2.11. The molecule has 5 rings (SSSR count). The van der Waals surface area contributed by atoms with Gasteiger partial charge in [0.25, 0.3) is 0 Å². The number of aromatic amines is 1. The quantitative estimate of drug-likeness (QED) is 0.498. The lowest BCUT2D eigenvalue weighted by molar-refractivity contribution is 1.22. The van der Waals surface area contributed by atoms with Crippen LogP contribution in [0.2, 0.25) is 0 Å². The molecule has 2 heterocycles. The van der Waals surface area contributed by atoms with Gasteiger partial charge in [-0.3, -0.25) is 4.79 Å². The molecule has 128 valence electrons. The van der Waals surface area contributed by atoms with Gasteiger partial charge in [0.2, 0.25) is 5.43 Å². The second-order valence-electron chi connectivity index (χ2n) is 6.39. The van der Waals surface area contributed by atoms with Crippen molar-refractivity contribution in [3.63, 3.8) is 0 Å². The standard InChI is InChI=1S/C23H15N3O/c27-19-12-13-24-23-22(19)25-21(20(26-23)16-7-2-1-3-8-16)18-11-10-15-6-4-5-9-17(15)14-18/h1-14H,(H,24,26,27). The van der Waals surface area contributed by atoms with Gasteiger partial charge < -0.3 is 4.98 Å². The van der Waals surface area contributed by atoms with Gasteiger partial charge in [0, 0.05) is 23.4 Å². The van der Waals surface area contributed by atoms with E-state index in [1.165, 1.54) is 6.07 Å². The van der Waals surface area contributed by atoms with E-state index in [9.17, 15) is 4.79 Å². The summed E-state index contributed by atoms with van der Waals surface area (Å²) in [7, 11) is 0. The van der Waals surface area contributed by atoms with Gasteiger partial charge in [0.05, 0.1) is 11.4 Å². The molecule has 0 amide bonds. The Morgan fingerprint density at radius 2 is 1.41 bits per heavy atom. The molecule has 0 bridgehead atoms. The van der Waals surface area contributed by atoms with Crippen LogP contribution in [0.4, 0.5) is 0 Å². The Labute approximate surface area is 155 Å². The number of nitrogens with zero attached hydrogens (tertiary/aromatic N) is 2. The highest BCUT2D eigenvalue weighted by atomic mass is 16.1. The van der Waals surface area contributed by atoms with Crippen LogP contribution in [0.5, 0.6) is 0 Å². The van der Waals surface area contributed by atoms with E-state index in [4.69, 9.17) is 9.97 Å². The second kappa shape index (κ2) is 6.18. The van der Waals surface area contributed by atoms with Gasteiger partial charge in [-0.1, -0.05) is 66.7 Å². The molecule has 5 aromatic rings. The fourth-order valence-corrected chi connectivity index (χ4v) is 3.32. The van der Waals surface area contributed by atoms with Gasteiger partial charge >= 0.3 is 0 Å². The lowest BCUT2D eigenvalue weighted by atomic mass is 10.0. The number of fused-ring (bicyclic) bond motifs is 2. The Morgan fingerprint density at radius 1 is 0.667 bits per heavy atom.